The van der Waals surface area contributed by atoms with Crippen molar-refractivity contribution in [2.45, 2.75) is 26.2 Å². The summed E-state index contributed by atoms with van der Waals surface area (Å²) in [5.74, 6) is -0.183. The van der Waals surface area contributed by atoms with Gasteiger partial charge in [-0.15, -0.1) is 0 Å². The van der Waals surface area contributed by atoms with E-state index in [1.54, 1.807) is 24.3 Å². The number of carbonyl (C=O) groups is 1. The smallest absolute Gasteiger partial charge is 0.271 e. The standard InChI is InChI=1S/C20H19ClN2OS/c1-20(2,3)14-6-4-13(5-7-14)12-17-18(24)23(19(22)25-17)16-10-8-15(21)9-11-16/h4-12,22H,1-3H3/b17-12-,22-19?. The normalized spacial score (nSPS) is 16.8. The number of nitrogens with zero attached hydrogens (tertiary/aromatic N) is 1. The van der Waals surface area contributed by atoms with Crippen molar-refractivity contribution in [1.29, 1.82) is 5.41 Å². The van der Waals surface area contributed by atoms with Gasteiger partial charge >= 0.3 is 0 Å². The molecule has 128 valence electrons. The summed E-state index contributed by atoms with van der Waals surface area (Å²) in [6, 6.07) is 15.1. The van der Waals surface area contributed by atoms with Crippen molar-refractivity contribution in [3.8, 4) is 0 Å². The highest BCUT2D eigenvalue weighted by molar-refractivity contribution is 8.19. The van der Waals surface area contributed by atoms with E-state index in [4.69, 9.17) is 17.0 Å². The van der Waals surface area contributed by atoms with E-state index in [2.05, 4.69) is 32.9 Å². The van der Waals surface area contributed by atoms with E-state index in [9.17, 15) is 4.79 Å². The van der Waals surface area contributed by atoms with Gasteiger partial charge in [-0.3, -0.25) is 15.1 Å². The summed E-state index contributed by atoms with van der Waals surface area (Å²) in [6.07, 6.45) is 1.84. The minimum atomic E-state index is -0.183. The molecule has 0 bridgehead atoms. The second kappa shape index (κ2) is 6.70. The number of benzene rings is 2. The lowest BCUT2D eigenvalue weighted by atomic mass is 9.87. The predicted molar refractivity (Wildman–Crippen MR) is 107 cm³/mol. The van der Waals surface area contributed by atoms with Gasteiger partial charge in [-0.1, -0.05) is 56.6 Å². The fourth-order valence-electron chi connectivity index (χ4n) is 2.54. The first-order valence-electron chi connectivity index (χ1n) is 7.94. The largest absolute Gasteiger partial charge is 0.278 e. The number of rotatable bonds is 2. The molecule has 1 aliphatic heterocycles. The van der Waals surface area contributed by atoms with Gasteiger partial charge in [-0.05, 0) is 58.6 Å². The maximum absolute atomic E-state index is 12.7. The number of carbonyl (C=O) groups excluding carboxylic acids is 1. The number of amides is 1. The number of amidine groups is 1. The van der Waals surface area contributed by atoms with Crippen molar-refractivity contribution in [3.63, 3.8) is 0 Å². The molecule has 1 amide bonds. The third-order valence-electron chi connectivity index (χ3n) is 3.98. The van der Waals surface area contributed by atoms with Crippen LogP contribution < -0.4 is 4.90 Å². The van der Waals surface area contributed by atoms with Gasteiger partial charge in [0, 0.05) is 5.02 Å². The number of halogens is 1. The molecule has 1 fully saturated rings. The summed E-state index contributed by atoms with van der Waals surface area (Å²) < 4.78 is 0. The molecule has 25 heavy (non-hydrogen) atoms. The zero-order valence-electron chi connectivity index (χ0n) is 14.3. The van der Waals surface area contributed by atoms with E-state index in [0.717, 1.165) is 5.56 Å². The van der Waals surface area contributed by atoms with Crippen LogP contribution in [0.4, 0.5) is 5.69 Å². The van der Waals surface area contributed by atoms with E-state index in [0.29, 0.717) is 15.6 Å². The zero-order valence-corrected chi connectivity index (χ0v) is 15.9. The van der Waals surface area contributed by atoms with Crippen LogP contribution in [-0.2, 0) is 10.2 Å². The summed E-state index contributed by atoms with van der Waals surface area (Å²) in [4.78, 5) is 14.6. The number of thioether (sulfide) groups is 1. The van der Waals surface area contributed by atoms with Crippen molar-refractivity contribution < 1.29 is 4.79 Å². The van der Waals surface area contributed by atoms with E-state index in [1.807, 2.05) is 18.2 Å². The van der Waals surface area contributed by atoms with Crippen LogP contribution in [0.25, 0.3) is 6.08 Å². The minimum Gasteiger partial charge on any atom is -0.278 e. The Morgan fingerprint density at radius 2 is 1.64 bits per heavy atom. The van der Waals surface area contributed by atoms with Crippen molar-refractivity contribution >= 4 is 46.2 Å². The molecule has 1 heterocycles. The molecule has 0 aromatic heterocycles. The zero-order chi connectivity index (χ0) is 18.2. The summed E-state index contributed by atoms with van der Waals surface area (Å²) in [7, 11) is 0. The Balaban J connectivity index is 1.86. The Bertz CT molecular complexity index is 849. The number of anilines is 1. The van der Waals surface area contributed by atoms with Crippen LogP contribution in [0.1, 0.15) is 31.9 Å². The van der Waals surface area contributed by atoms with Crippen LogP contribution in [0.3, 0.4) is 0 Å². The minimum absolute atomic E-state index is 0.0944. The Labute approximate surface area is 157 Å². The van der Waals surface area contributed by atoms with E-state index in [-0.39, 0.29) is 16.5 Å². The summed E-state index contributed by atoms with van der Waals surface area (Å²) in [5, 5.41) is 8.93. The van der Waals surface area contributed by atoms with Crippen LogP contribution in [0.5, 0.6) is 0 Å². The van der Waals surface area contributed by atoms with Crippen LogP contribution >= 0.6 is 23.4 Å². The number of hydrogen-bond donors (Lipinski definition) is 1. The lowest BCUT2D eigenvalue weighted by Gasteiger charge is -2.18. The topological polar surface area (TPSA) is 44.2 Å². The average Bonchev–Trinajstić information content (AvgIpc) is 2.82. The number of nitrogens with one attached hydrogen (secondary N) is 1. The molecule has 0 saturated carbocycles. The van der Waals surface area contributed by atoms with Crippen molar-refractivity contribution in [2.75, 3.05) is 4.90 Å². The molecular formula is C20H19ClN2OS. The molecule has 5 heteroatoms. The fourth-order valence-corrected chi connectivity index (χ4v) is 3.53. The maximum atomic E-state index is 12.7. The molecular weight excluding hydrogens is 352 g/mol. The van der Waals surface area contributed by atoms with Crippen LogP contribution in [-0.4, -0.2) is 11.1 Å². The van der Waals surface area contributed by atoms with Gasteiger partial charge in [0.05, 0.1) is 10.6 Å². The molecule has 1 aliphatic rings. The highest BCUT2D eigenvalue weighted by Gasteiger charge is 2.33. The molecule has 0 spiro atoms. The third-order valence-corrected chi connectivity index (χ3v) is 5.12. The maximum Gasteiger partial charge on any atom is 0.271 e. The summed E-state index contributed by atoms with van der Waals surface area (Å²) >= 11 is 7.07. The Hall–Kier alpha value is -2.04. The van der Waals surface area contributed by atoms with Gasteiger partial charge in [0.1, 0.15) is 0 Å². The molecule has 3 nitrogen and oxygen atoms in total. The molecule has 1 saturated heterocycles. The molecule has 3 rings (SSSR count). The first-order chi connectivity index (χ1) is 11.8. The molecule has 2 aromatic rings. The van der Waals surface area contributed by atoms with Crippen molar-refractivity contribution in [3.05, 3.63) is 69.6 Å². The highest BCUT2D eigenvalue weighted by atomic mass is 35.5. The van der Waals surface area contributed by atoms with Crippen LogP contribution in [0, 0.1) is 5.41 Å². The fraction of sp³-hybridized carbons (Fsp3) is 0.200. The molecule has 0 radical (unpaired) electrons. The first-order valence-corrected chi connectivity index (χ1v) is 9.14. The van der Waals surface area contributed by atoms with Crippen molar-refractivity contribution in [1.82, 2.24) is 0 Å². The van der Waals surface area contributed by atoms with Gasteiger partial charge in [0.15, 0.2) is 5.17 Å². The van der Waals surface area contributed by atoms with Gasteiger partial charge in [0.2, 0.25) is 0 Å². The summed E-state index contributed by atoms with van der Waals surface area (Å²) in [5.41, 5.74) is 2.94. The van der Waals surface area contributed by atoms with E-state index >= 15 is 0 Å². The van der Waals surface area contributed by atoms with Gasteiger partial charge in [0.25, 0.3) is 5.91 Å². The predicted octanol–water partition coefficient (Wildman–Crippen LogP) is 5.69. The Morgan fingerprint density at radius 3 is 2.20 bits per heavy atom. The van der Waals surface area contributed by atoms with Gasteiger partial charge in [-0.2, -0.15) is 0 Å². The van der Waals surface area contributed by atoms with E-state index < -0.39 is 0 Å². The van der Waals surface area contributed by atoms with Gasteiger partial charge in [-0.25, -0.2) is 0 Å². The SMILES string of the molecule is CC(C)(C)c1ccc(/C=C2\SC(=N)N(c3ccc(Cl)cc3)C2=O)cc1. The summed E-state index contributed by atoms with van der Waals surface area (Å²) in [6.45, 7) is 6.51. The first kappa shape index (κ1) is 17.8. The van der Waals surface area contributed by atoms with E-state index in [1.165, 1.54) is 22.2 Å². The highest BCUT2D eigenvalue weighted by Crippen LogP contribution is 2.35. The van der Waals surface area contributed by atoms with Gasteiger partial charge < -0.3 is 0 Å². The molecule has 1 N–H and O–H groups in total. The second-order valence-corrected chi connectivity index (χ2v) is 8.37. The lowest BCUT2D eigenvalue weighted by molar-refractivity contribution is -0.113. The molecule has 2 aromatic carbocycles. The number of hydrogen-bond acceptors (Lipinski definition) is 3. The van der Waals surface area contributed by atoms with Crippen molar-refractivity contribution in [2.24, 2.45) is 0 Å². The molecule has 0 aliphatic carbocycles. The van der Waals surface area contributed by atoms with Crippen LogP contribution in [0.15, 0.2) is 53.4 Å². The third kappa shape index (κ3) is 3.80. The quantitative estimate of drug-likeness (QED) is 0.690. The Morgan fingerprint density at radius 1 is 1.04 bits per heavy atom. The lowest BCUT2D eigenvalue weighted by Crippen LogP contribution is -2.27. The second-order valence-electron chi connectivity index (χ2n) is 6.90. The molecule has 0 unspecified atom stereocenters. The Kier molecular flexibility index (Phi) is 4.76. The average molecular weight is 371 g/mol. The monoisotopic (exact) mass is 370 g/mol. The molecule has 0 atom stereocenters. The van der Waals surface area contributed by atoms with Crippen LogP contribution in [0.2, 0.25) is 5.02 Å².